The third-order valence-electron chi connectivity index (χ3n) is 3.78. The molecule has 1 heterocycles. The lowest BCUT2D eigenvalue weighted by Crippen LogP contribution is -2.52. The highest BCUT2D eigenvalue weighted by atomic mass is 19.4. The second-order valence-electron chi connectivity index (χ2n) is 5.24. The van der Waals surface area contributed by atoms with Crippen LogP contribution in [-0.4, -0.2) is 67.3 Å². The van der Waals surface area contributed by atoms with Crippen LogP contribution in [-0.2, 0) is 9.53 Å². The number of fused-ring (bicyclic) bond motifs is 1. The van der Waals surface area contributed by atoms with E-state index in [1.807, 2.05) is 4.90 Å². The van der Waals surface area contributed by atoms with Crippen LogP contribution in [0.4, 0.5) is 13.2 Å². The zero-order chi connectivity index (χ0) is 14.0. The Kier molecular flexibility index (Phi) is 4.35. The maximum absolute atomic E-state index is 12.2. The average Bonchev–Trinajstić information content (AvgIpc) is 2.75. The van der Waals surface area contributed by atoms with E-state index in [1.54, 1.807) is 0 Å². The summed E-state index contributed by atoms with van der Waals surface area (Å²) in [5, 5.41) is 0. The van der Waals surface area contributed by atoms with Gasteiger partial charge < -0.3 is 9.64 Å². The first kappa shape index (κ1) is 14.6. The number of morpholine rings is 1. The van der Waals surface area contributed by atoms with E-state index in [1.165, 1.54) is 7.05 Å². The Balaban J connectivity index is 1.87. The first-order valence-electron chi connectivity index (χ1n) is 6.53. The lowest BCUT2D eigenvalue weighted by molar-refractivity contribution is -0.160. The number of ether oxygens (including phenoxy) is 1. The van der Waals surface area contributed by atoms with Gasteiger partial charge in [0, 0.05) is 19.6 Å². The molecule has 0 aromatic carbocycles. The van der Waals surface area contributed by atoms with Crippen LogP contribution >= 0.6 is 0 Å². The number of carbonyl (C=O) groups excluding carboxylic acids is 1. The quantitative estimate of drug-likeness (QED) is 0.780. The van der Waals surface area contributed by atoms with E-state index < -0.39 is 18.6 Å². The number of likely N-dealkylation sites (N-methyl/N-ethyl adjacent to an activating group) is 1. The number of alkyl halides is 3. The van der Waals surface area contributed by atoms with E-state index in [-0.39, 0.29) is 18.7 Å². The van der Waals surface area contributed by atoms with Gasteiger partial charge in [-0.2, -0.15) is 13.2 Å². The van der Waals surface area contributed by atoms with Crippen LogP contribution in [0.1, 0.15) is 19.3 Å². The first-order valence-corrected chi connectivity index (χ1v) is 6.53. The van der Waals surface area contributed by atoms with Crippen LogP contribution in [0.15, 0.2) is 0 Å². The molecule has 2 atom stereocenters. The Morgan fingerprint density at radius 1 is 1.42 bits per heavy atom. The third-order valence-corrected chi connectivity index (χ3v) is 3.78. The fraction of sp³-hybridized carbons (Fsp3) is 0.917. The number of hydrogen-bond acceptors (Lipinski definition) is 3. The van der Waals surface area contributed by atoms with Gasteiger partial charge in [-0.3, -0.25) is 9.69 Å². The van der Waals surface area contributed by atoms with Gasteiger partial charge in [0.15, 0.2) is 0 Å². The monoisotopic (exact) mass is 280 g/mol. The van der Waals surface area contributed by atoms with Gasteiger partial charge in [0.1, 0.15) is 6.54 Å². The van der Waals surface area contributed by atoms with E-state index in [0.717, 1.165) is 24.2 Å². The Hall–Kier alpha value is -0.820. The summed E-state index contributed by atoms with van der Waals surface area (Å²) in [6.45, 7) is 0.0333. The molecule has 1 aliphatic heterocycles. The van der Waals surface area contributed by atoms with Gasteiger partial charge in [0.05, 0.1) is 19.3 Å². The van der Waals surface area contributed by atoms with Gasteiger partial charge in [-0.05, 0) is 19.3 Å². The molecule has 2 unspecified atom stereocenters. The third kappa shape index (κ3) is 3.82. The minimum absolute atomic E-state index is 0.0527. The molecule has 2 rings (SSSR count). The normalized spacial score (nSPS) is 28.2. The first-order chi connectivity index (χ1) is 8.87. The molecule has 2 fully saturated rings. The van der Waals surface area contributed by atoms with Crippen molar-refractivity contribution in [1.82, 2.24) is 9.80 Å². The largest absolute Gasteiger partial charge is 0.406 e. The predicted octanol–water partition coefficient (Wildman–Crippen LogP) is 1.26. The van der Waals surface area contributed by atoms with E-state index in [2.05, 4.69) is 0 Å². The minimum Gasteiger partial charge on any atom is -0.375 e. The SMILES string of the molecule is CN(CC(F)(F)F)C(=O)CN1CCOC2CCCC21. The van der Waals surface area contributed by atoms with Gasteiger partial charge in [0.25, 0.3) is 0 Å². The number of halogens is 3. The molecular weight excluding hydrogens is 261 g/mol. The number of rotatable bonds is 3. The van der Waals surface area contributed by atoms with Crippen LogP contribution in [0, 0.1) is 0 Å². The summed E-state index contributed by atoms with van der Waals surface area (Å²) < 4.78 is 42.3. The maximum atomic E-state index is 12.2. The molecule has 0 aromatic rings. The van der Waals surface area contributed by atoms with Crippen molar-refractivity contribution in [3.8, 4) is 0 Å². The van der Waals surface area contributed by atoms with E-state index in [9.17, 15) is 18.0 Å². The number of hydrogen-bond donors (Lipinski definition) is 0. The molecule has 1 saturated carbocycles. The van der Waals surface area contributed by atoms with Crippen LogP contribution in [0.2, 0.25) is 0 Å². The summed E-state index contributed by atoms with van der Waals surface area (Å²) in [5.41, 5.74) is 0. The van der Waals surface area contributed by atoms with E-state index >= 15 is 0 Å². The van der Waals surface area contributed by atoms with Gasteiger partial charge in [0.2, 0.25) is 5.91 Å². The lowest BCUT2D eigenvalue weighted by atomic mass is 10.1. The molecule has 0 aromatic heterocycles. The van der Waals surface area contributed by atoms with Crippen LogP contribution in [0.25, 0.3) is 0 Å². The van der Waals surface area contributed by atoms with Crippen molar-refractivity contribution < 1.29 is 22.7 Å². The second-order valence-corrected chi connectivity index (χ2v) is 5.24. The molecule has 0 spiro atoms. The van der Waals surface area contributed by atoms with Crippen LogP contribution in [0.5, 0.6) is 0 Å². The number of nitrogens with zero attached hydrogens (tertiary/aromatic N) is 2. The highest BCUT2D eigenvalue weighted by Crippen LogP contribution is 2.29. The van der Waals surface area contributed by atoms with Crippen molar-refractivity contribution >= 4 is 5.91 Å². The van der Waals surface area contributed by atoms with Crippen molar-refractivity contribution in [2.75, 3.05) is 33.3 Å². The Morgan fingerprint density at radius 2 is 2.16 bits per heavy atom. The van der Waals surface area contributed by atoms with Crippen molar-refractivity contribution in [2.45, 2.75) is 37.6 Å². The minimum atomic E-state index is -4.34. The Labute approximate surface area is 110 Å². The summed E-state index contributed by atoms with van der Waals surface area (Å²) in [5.74, 6) is -0.482. The average molecular weight is 280 g/mol. The summed E-state index contributed by atoms with van der Waals surface area (Å²) in [4.78, 5) is 14.5. The van der Waals surface area contributed by atoms with Gasteiger partial charge in [-0.15, -0.1) is 0 Å². The molecule has 1 saturated heterocycles. The fourth-order valence-electron chi connectivity index (χ4n) is 2.85. The molecule has 7 heteroatoms. The standard InChI is InChI=1S/C12H19F3N2O2/c1-16(8-12(13,14)15)11(18)7-17-5-6-19-10-4-2-3-9(10)17/h9-10H,2-8H2,1H3. The molecule has 1 amide bonds. The molecule has 1 aliphatic carbocycles. The van der Waals surface area contributed by atoms with Gasteiger partial charge in [-0.25, -0.2) is 0 Å². The molecule has 110 valence electrons. The van der Waals surface area contributed by atoms with Gasteiger partial charge >= 0.3 is 6.18 Å². The van der Waals surface area contributed by atoms with Crippen LogP contribution < -0.4 is 0 Å². The van der Waals surface area contributed by atoms with Crippen LogP contribution in [0.3, 0.4) is 0 Å². The zero-order valence-electron chi connectivity index (χ0n) is 10.9. The van der Waals surface area contributed by atoms with Crippen molar-refractivity contribution in [3.05, 3.63) is 0 Å². The molecular formula is C12H19F3N2O2. The maximum Gasteiger partial charge on any atom is 0.406 e. The molecule has 2 aliphatic rings. The number of amides is 1. The molecule has 0 bridgehead atoms. The molecule has 4 nitrogen and oxygen atoms in total. The fourth-order valence-corrected chi connectivity index (χ4v) is 2.85. The topological polar surface area (TPSA) is 32.8 Å². The summed E-state index contributed by atoms with van der Waals surface area (Å²) in [6.07, 6.45) is -1.20. The van der Waals surface area contributed by atoms with E-state index in [0.29, 0.717) is 13.2 Å². The summed E-state index contributed by atoms with van der Waals surface area (Å²) in [7, 11) is 1.20. The Morgan fingerprint density at radius 3 is 2.84 bits per heavy atom. The van der Waals surface area contributed by atoms with Crippen molar-refractivity contribution in [2.24, 2.45) is 0 Å². The van der Waals surface area contributed by atoms with E-state index in [4.69, 9.17) is 4.74 Å². The molecule has 19 heavy (non-hydrogen) atoms. The Bertz CT molecular complexity index is 335. The smallest absolute Gasteiger partial charge is 0.375 e. The molecule has 0 radical (unpaired) electrons. The summed E-state index contributed by atoms with van der Waals surface area (Å²) in [6, 6.07) is 0.192. The second kappa shape index (κ2) is 5.66. The number of carbonyl (C=O) groups is 1. The summed E-state index contributed by atoms with van der Waals surface area (Å²) >= 11 is 0. The van der Waals surface area contributed by atoms with Crippen molar-refractivity contribution in [3.63, 3.8) is 0 Å². The predicted molar refractivity (Wildman–Crippen MR) is 62.6 cm³/mol. The van der Waals surface area contributed by atoms with Crippen molar-refractivity contribution in [1.29, 1.82) is 0 Å². The molecule has 0 N–H and O–H groups in total. The lowest BCUT2D eigenvalue weighted by Gasteiger charge is -2.37. The highest BCUT2D eigenvalue weighted by Gasteiger charge is 2.38. The zero-order valence-corrected chi connectivity index (χ0v) is 10.9. The highest BCUT2D eigenvalue weighted by molar-refractivity contribution is 5.78. The van der Waals surface area contributed by atoms with Gasteiger partial charge in [-0.1, -0.05) is 0 Å².